The van der Waals surface area contributed by atoms with Crippen LogP contribution in [-0.4, -0.2) is 26.3 Å². The highest BCUT2D eigenvalue weighted by molar-refractivity contribution is 5.69. The third kappa shape index (κ3) is 21.0. The molecule has 0 amide bonds. The number of hydrogen-bond acceptors (Lipinski definition) is 3. The lowest BCUT2D eigenvalue weighted by molar-refractivity contribution is -0.143. The molecule has 3 heteroatoms. The van der Waals surface area contributed by atoms with Crippen LogP contribution in [0.25, 0.3) is 0 Å². The zero-order valence-electron chi connectivity index (χ0n) is 17.3. The predicted octanol–water partition coefficient (Wildman–Crippen LogP) is 6.77. The quantitative estimate of drug-likeness (QED) is 0.144. The normalized spacial score (nSPS) is 11.6. The number of unbranched alkanes of at least 4 members (excludes halogenated alkanes) is 9. The van der Waals surface area contributed by atoms with Crippen molar-refractivity contribution in [3.8, 4) is 0 Å². The van der Waals surface area contributed by atoms with Crippen LogP contribution in [0.5, 0.6) is 0 Å². The number of rotatable bonds is 19. The van der Waals surface area contributed by atoms with Crippen LogP contribution < -0.4 is 0 Å². The van der Waals surface area contributed by atoms with Gasteiger partial charge in [-0.3, -0.25) is 4.79 Å². The first kappa shape index (κ1) is 24.9. The van der Waals surface area contributed by atoms with Gasteiger partial charge in [-0.2, -0.15) is 0 Å². The van der Waals surface area contributed by atoms with E-state index in [1.54, 1.807) is 7.11 Å². The lowest BCUT2D eigenvalue weighted by Gasteiger charge is -2.04. The fraction of sp³-hybridized carbons (Fsp3) is 0.783. The average molecular weight is 367 g/mol. The Morgan fingerprint density at radius 3 is 2.04 bits per heavy atom. The molecule has 0 aliphatic carbocycles. The van der Waals surface area contributed by atoms with E-state index in [1.807, 2.05) is 0 Å². The molecule has 0 heterocycles. The summed E-state index contributed by atoms with van der Waals surface area (Å²) in [7, 11) is 1.69. The summed E-state index contributed by atoms with van der Waals surface area (Å²) in [5.74, 6) is -0.0481. The molecule has 0 rings (SSSR count). The molecule has 3 nitrogen and oxygen atoms in total. The fourth-order valence-electron chi connectivity index (χ4n) is 2.69. The smallest absolute Gasteiger partial charge is 0.305 e. The van der Waals surface area contributed by atoms with Crippen molar-refractivity contribution in [2.24, 2.45) is 0 Å². The van der Waals surface area contributed by atoms with Crippen LogP contribution >= 0.6 is 0 Å². The van der Waals surface area contributed by atoms with Gasteiger partial charge in [0.15, 0.2) is 0 Å². The minimum absolute atomic E-state index is 0.0481. The fourth-order valence-corrected chi connectivity index (χ4v) is 2.69. The maximum atomic E-state index is 11.5. The molecule has 0 saturated carbocycles. The van der Waals surface area contributed by atoms with Crippen molar-refractivity contribution in [3.05, 3.63) is 24.3 Å². The summed E-state index contributed by atoms with van der Waals surface area (Å²) in [5, 5.41) is 0. The zero-order valence-corrected chi connectivity index (χ0v) is 17.3. The zero-order chi connectivity index (χ0) is 19.1. The molecule has 0 aliphatic rings. The van der Waals surface area contributed by atoms with E-state index in [0.717, 1.165) is 38.7 Å². The van der Waals surface area contributed by atoms with Gasteiger partial charge in [-0.15, -0.1) is 0 Å². The largest absolute Gasteiger partial charge is 0.466 e. The summed E-state index contributed by atoms with van der Waals surface area (Å²) in [6.45, 7) is 3.51. The SMILES string of the molecule is CCCCC/C=C\C/C=C\CCCCCCCC(=O)OCCCCOC. The van der Waals surface area contributed by atoms with Gasteiger partial charge in [-0.1, -0.05) is 63.3 Å². The molecule has 0 fully saturated rings. The minimum atomic E-state index is -0.0481. The Bertz CT molecular complexity index is 347. The number of carbonyl (C=O) groups excluding carboxylic acids is 1. The van der Waals surface area contributed by atoms with Crippen LogP contribution in [0.2, 0.25) is 0 Å². The third-order valence-electron chi connectivity index (χ3n) is 4.34. The van der Waals surface area contributed by atoms with Gasteiger partial charge in [0, 0.05) is 20.1 Å². The molecule has 0 aromatic carbocycles. The molecule has 0 saturated heterocycles. The van der Waals surface area contributed by atoms with Gasteiger partial charge in [-0.05, 0) is 51.4 Å². The van der Waals surface area contributed by atoms with E-state index in [4.69, 9.17) is 9.47 Å². The average Bonchev–Trinajstić information content (AvgIpc) is 2.64. The van der Waals surface area contributed by atoms with Crippen LogP contribution in [0.15, 0.2) is 24.3 Å². The molecule has 0 atom stereocenters. The van der Waals surface area contributed by atoms with E-state index >= 15 is 0 Å². The Kier molecular flexibility index (Phi) is 21.0. The first-order valence-electron chi connectivity index (χ1n) is 10.8. The molecule has 0 spiro atoms. The second-order valence-corrected chi connectivity index (χ2v) is 6.90. The summed E-state index contributed by atoms with van der Waals surface area (Å²) >= 11 is 0. The van der Waals surface area contributed by atoms with Crippen LogP contribution in [0, 0.1) is 0 Å². The topological polar surface area (TPSA) is 35.5 Å². The van der Waals surface area contributed by atoms with Gasteiger partial charge < -0.3 is 9.47 Å². The van der Waals surface area contributed by atoms with Gasteiger partial charge >= 0.3 is 5.97 Å². The highest BCUT2D eigenvalue weighted by atomic mass is 16.5. The van der Waals surface area contributed by atoms with Crippen molar-refractivity contribution in [1.82, 2.24) is 0 Å². The molecule has 0 radical (unpaired) electrons. The van der Waals surface area contributed by atoms with E-state index in [0.29, 0.717) is 13.0 Å². The second kappa shape index (κ2) is 22.0. The Balaban J connectivity index is 3.25. The van der Waals surface area contributed by atoms with Gasteiger partial charge in [0.1, 0.15) is 0 Å². The highest BCUT2D eigenvalue weighted by Gasteiger charge is 2.02. The molecule has 0 bridgehead atoms. The third-order valence-corrected chi connectivity index (χ3v) is 4.34. The summed E-state index contributed by atoms with van der Waals surface area (Å²) in [4.78, 5) is 11.5. The van der Waals surface area contributed by atoms with Crippen LogP contribution in [0.3, 0.4) is 0 Å². The van der Waals surface area contributed by atoms with Crippen molar-refractivity contribution in [2.45, 2.75) is 96.8 Å². The number of carbonyl (C=O) groups is 1. The Labute approximate surface area is 162 Å². The standard InChI is InChI=1S/C23H42O3/c1-3-4-5-6-7-8-9-10-11-12-13-14-15-16-17-20-23(24)26-22-19-18-21-25-2/h7-8,10-11H,3-6,9,12-22H2,1-2H3/b8-7-,11-10-. The molecule has 0 aliphatic heterocycles. The molecule has 0 N–H and O–H groups in total. The van der Waals surface area contributed by atoms with Crippen molar-refractivity contribution < 1.29 is 14.3 Å². The molecular weight excluding hydrogens is 324 g/mol. The van der Waals surface area contributed by atoms with Crippen LogP contribution in [-0.2, 0) is 14.3 Å². The Morgan fingerprint density at radius 2 is 1.35 bits per heavy atom. The number of hydrogen-bond donors (Lipinski definition) is 0. The summed E-state index contributed by atoms with van der Waals surface area (Å²) in [6.07, 6.45) is 24.8. The number of ether oxygens (including phenoxy) is 2. The Morgan fingerprint density at radius 1 is 0.731 bits per heavy atom. The second-order valence-electron chi connectivity index (χ2n) is 6.90. The predicted molar refractivity (Wildman–Crippen MR) is 111 cm³/mol. The first-order valence-corrected chi connectivity index (χ1v) is 10.8. The molecule has 0 unspecified atom stereocenters. The highest BCUT2D eigenvalue weighted by Crippen LogP contribution is 2.09. The van der Waals surface area contributed by atoms with Crippen molar-refractivity contribution in [1.29, 1.82) is 0 Å². The van der Waals surface area contributed by atoms with Crippen LogP contribution in [0.4, 0.5) is 0 Å². The number of methoxy groups -OCH3 is 1. The molecule has 0 aromatic rings. The van der Waals surface area contributed by atoms with Gasteiger partial charge in [0.2, 0.25) is 0 Å². The van der Waals surface area contributed by atoms with E-state index in [9.17, 15) is 4.79 Å². The summed E-state index contributed by atoms with van der Waals surface area (Å²) in [6, 6.07) is 0. The Hall–Kier alpha value is -1.09. The van der Waals surface area contributed by atoms with E-state index in [-0.39, 0.29) is 5.97 Å². The van der Waals surface area contributed by atoms with Crippen molar-refractivity contribution in [2.75, 3.05) is 20.3 Å². The van der Waals surface area contributed by atoms with E-state index < -0.39 is 0 Å². The molecular formula is C23H42O3. The van der Waals surface area contributed by atoms with Gasteiger partial charge in [0.05, 0.1) is 6.61 Å². The monoisotopic (exact) mass is 366 g/mol. The molecule has 0 aromatic heterocycles. The molecule has 152 valence electrons. The van der Waals surface area contributed by atoms with Gasteiger partial charge in [-0.25, -0.2) is 0 Å². The summed E-state index contributed by atoms with van der Waals surface area (Å²) in [5.41, 5.74) is 0. The number of esters is 1. The lowest BCUT2D eigenvalue weighted by atomic mass is 10.1. The van der Waals surface area contributed by atoms with Crippen molar-refractivity contribution >= 4 is 5.97 Å². The lowest BCUT2D eigenvalue weighted by Crippen LogP contribution is -2.06. The maximum Gasteiger partial charge on any atom is 0.305 e. The van der Waals surface area contributed by atoms with E-state index in [2.05, 4.69) is 31.2 Å². The maximum absolute atomic E-state index is 11.5. The first-order chi connectivity index (χ1) is 12.8. The van der Waals surface area contributed by atoms with Crippen LogP contribution in [0.1, 0.15) is 96.8 Å². The number of allylic oxidation sites excluding steroid dienone is 4. The minimum Gasteiger partial charge on any atom is -0.466 e. The van der Waals surface area contributed by atoms with Gasteiger partial charge in [0.25, 0.3) is 0 Å². The molecule has 26 heavy (non-hydrogen) atoms. The van der Waals surface area contributed by atoms with E-state index in [1.165, 1.54) is 51.4 Å². The van der Waals surface area contributed by atoms with Crippen molar-refractivity contribution in [3.63, 3.8) is 0 Å². The summed E-state index contributed by atoms with van der Waals surface area (Å²) < 4.78 is 10.2.